The number of carbonyl (C=O) groups is 2. The maximum Gasteiger partial charge on any atom is 0.307 e. The summed E-state index contributed by atoms with van der Waals surface area (Å²) < 4.78 is 0. The van der Waals surface area contributed by atoms with Crippen LogP contribution in [0.4, 0.5) is 5.69 Å². The third kappa shape index (κ3) is 2.51. The third-order valence-corrected chi connectivity index (χ3v) is 5.53. The van der Waals surface area contributed by atoms with E-state index in [0.29, 0.717) is 10.7 Å². The molecule has 3 rings (SSSR count). The Labute approximate surface area is 132 Å². The summed E-state index contributed by atoms with van der Waals surface area (Å²) in [5.74, 6) is -1.91. The molecule has 4 unspecified atom stereocenters. The Morgan fingerprint density at radius 1 is 1.14 bits per heavy atom. The number of carbonyl (C=O) groups excluding carboxylic acids is 1. The molecule has 1 aromatic carbocycles. The monoisotopic (exact) mass is 327 g/mol. The zero-order chi connectivity index (χ0) is 15.1. The molecule has 112 valence electrons. The molecule has 1 aromatic rings. The number of carboxylic acids is 1. The van der Waals surface area contributed by atoms with Crippen LogP contribution in [-0.4, -0.2) is 17.0 Å². The maximum absolute atomic E-state index is 12.5. The number of rotatable bonds is 3. The molecule has 4 nitrogen and oxygen atoms in total. The lowest BCUT2D eigenvalue weighted by molar-refractivity contribution is -0.148. The summed E-state index contributed by atoms with van der Waals surface area (Å²) in [6, 6.07) is 4.99. The molecule has 2 bridgehead atoms. The van der Waals surface area contributed by atoms with Gasteiger partial charge in [0.15, 0.2) is 0 Å². The average Bonchev–Trinajstić information content (AvgIpc) is 3.04. The first-order chi connectivity index (χ1) is 9.99. The van der Waals surface area contributed by atoms with Crippen molar-refractivity contribution in [2.24, 2.45) is 23.7 Å². The molecule has 21 heavy (non-hydrogen) atoms. The molecule has 2 fully saturated rings. The van der Waals surface area contributed by atoms with Gasteiger partial charge in [-0.3, -0.25) is 9.59 Å². The van der Waals surface area contributed by atoms with E-state index in [1.807, 2.05) is 0 Å². The van der Waals surface area contributed by atoms with Gasteiger partial charge in [-0.2, -0.15) is 0 Å². The van der Waals surface area contributed by atoms with Gasteiger partial charge in [0, 0.05) is 0 Å². The first kappa shape index (κ1) is 14.7. The van der Waals surface area contributed by atoms with Gasteiger partial charge in [0.2, 0.25) is 5.91 Å². The molecular formula is C15H15Cl2NO3. The highest BCUT2D eigenvalue weighted by Gasteiger charge is 2.54. The number of hydrogen-bond acceptors (Lipinski definition) is 2. The first-order valence-electron chi connectivity index (χ1n) is 6.96. The molecule has 0 aromatic heterocycles. The predicted octanol–water partition coefficient (Wildman–Crippen LogP) is 3.68. The molecule has 6 heteroatoms. The van der Waals surface area contributed by atoms with Crippen LogP contribution in [0.5, 0.6) is 0 Å². The van der Waals surface area contributed by atoms with Crippen molar-refractivity contribution in [3.05, 3.63) is 28.2 Å². The van der Waals surface area contributed by atoms with E-state index in [-0.39, 0.29) is 22.8 Å². The van der Waals surface area contributed by atoms with Crippen LogP contribution in [-0.2, 0) is 9.59 Å². The normalized spacial score (nSPS) is 30.4. The highest BCUT2D eigenvalue weighted by atomic mass is 35.5. The maximum atomic E-state index is 12.5. The van der Waals surface area contributed by atoms with Gasteiger partial charge >= 0.3 is 5.97 Å². The van der Waals surface area contributed by atoms with Crippen LogP contribution in [0.2, 0.25) is 10.0 Å². The zero-order valence-electron chi connectivity index (χ0n) is 11.2. The molecule has 2 saturated carbocycles. The highest BCUT2D eigenvalue weighted by Crippen LogP contribution is 2.52. The number of aliphatic carboxylic acids is 1. The van der Waals surface area contributed by atoms with Gasteiger partial charge in [-0.1, -0.05) is 29.3 Å². The second kappa shape index (κ2) is 5.50. The summed E-state index contributed by atoms with van der Waals surface area (Å²) >= 11 is 12.0. The summed E-state index contributed by atoms with van der Waals surface area (Å²) in [5.41, 5.74) is 0.432. The van der Waals surface area contributed by atoms with Crippen LogP contribution in [0.1, 0.15) is 19.3 Å². The molecular weight excluding hydrogens is 313 g/mol. The summed E-state index contributed by atoms with van der Waals surface area (Å²) in [5, 5.41) is 12.8. The third-order valence-electron chi connectivity index (χ3n) is 4.71. The second-order valence-corrected chi connectivity index (χ2v) is 6.60. The quantitative estimate of drug-likeness (QED) is 0.889. The number of benzene rings is 1. The average molecular weight is 328 g/mol. The second-order valence-electron chi connectivity index (χ2n) is 5.81. The SMILES string of the molecule is O=C(O)C1C2CCC(C2)C1C(=O)Nc1cccc(Cl)c1Cl. The highest BCUT2D eigenvalue weighted by molar-refractivity contribution is 6.44. The van der Waals surface area contributed by atoms with Crippen LogP contribution >= 0.6 is 23.2 Å². The van der Waals surface area contributed by atoms with Gasteiger partial charge in [-0.25, -0.2) is 0 Å². The Balaban J connectivity index is 1.82. The van der Waals surface area contributed by atoms with Crippen LogP contribution < -0.4 is 5.32 Å². The minimum absolute atomic E-state index is 0.123. The molecule has 2 aliphatic rings. The van der Waals surface area contributed by atoms with Gasteiger partial charge in [0.1, 0.15) is 0 Å². The van der Waals surface area contributed by atoms with Crippen LogP contribution in [0.15, 0.2) is 18.2 Å². The summed E-state index contributed by atoms with van der Waals surface area (Å²) in [6.07, 6.45) is 2.66. The van der Waals surface area contributed by atoms with Crippen molar-refractivity contribution < 1.29 is 14.7 Å². The molecule has 0 heterocycles. The predicted molar refractivity (Wildman–Crippen MR) is 80.5 cm³/mol. The van der Waals surface area contributed by atoms with E-state index >= 15 is 0 Å². The van der Waals surface area contributed by atoms with Gasteiger partial charge in [0.05, 0.1) is 27.6 Å². The standard InChI is InChI=1S/C15H15Cl2NO3/c16-9-2-1-3-10(13(9)17)18-14(19)11-7-4-5-8(6-7)12(11)15(20)21/h1-3,7-8,11-12H,4-6H2,(H,18,19)(H,20,21). The van der Waals surface area contributed by atoms with Gasteiger partial charge in [-0.05, 0) is 43.2 Å². The lowest BCUT2D eigenvalue weighted by Crippen LogP contribution is -2.37. The van der Waals surface area contributed by atoms with E-state index in [4.69, 9.17) is 23.2 Å². The molecule has 0 radical (unpaired) electrons. The van der Waals surface area contributed by atoms with Crippen molar-refractivity contribution in [1.29, 1.82) is 0 Å². The van der Waals surface area contributed by atoms with Gasteiger partial charge < -0.3 is 10.4 Å². The molecule has 0 aliphatic heterocycles. The minimum atomic E-state index is -0.875. The van der Waals surface area contributed by atoms with Crippen LogP contribution in [0.25, 0.3) is 0 Å². The number of amides is 1. The Hall–Kier alpha value is -1.26. The smallest absolute Gasteiger partial charge is 0.307 e. The molecule has 2 N–H and O–H groups in total. The largest absolute Gasteiger partial charge is 0.481 e. The number of hydrogen-bond donors (Lipinski definition) is 2. The summed E-state index contributed by atoms with van der Waals surface area (Å²) in [4.78, 5) is 24.0. The zero-order valence-corrected chi connectivity index (χ0v) is 12.7. The van der Waals surface area contributed by atoms with Gasteiger partial charge in [0.25, 0.3) is 0 Å². The number of fused-ring (bicyclic) bond motifs is 2. The Morgan fingerprint density at radius 2 is 1.81 bits per heavy atom. The Morgan fingerprint density at radius 3 is 2.48 bits per heavy atom. The van der Waals surface area contributed by atoms with Crippen LogP contribution in [0, 0.1) is 23.7 Å². The Kier molecular flexibility index (Phi) is 3.84. The van der Waals surface area contributed by atoms with Crippen molar-refractivity contribution in [3.63, 3.8) is 0 Å². The summed E-state index contributed by atoms with van der Waals surface area (Å²) in [7, 11) is 0. The fourth-order valence-corrected chi connectivity index (χ4v) is 4.19. The first-order valence-corrected chi connectivity index (χ1v) is 7.72. The molecule has 2 aliphatic carbocycles. The number of halogens is 2. The lowest BCUT2D eigenvalue weighted by Gasteiger charge is -2.27. The van der Waals surface area contributed by atoms with Crippen molar-refractivity contribution in [1.82, 2.24) is 0 Å². The lowest BCUT2D eigenvalue weighted by atomic mass is 9.78. The number of nitrogens with one attached hydrogen (secondary N) is 1. The molecule has 0 spiro atoms. The van der Waals surface area contributed by atoms with Crippen molar-refractivity contribution >= 4 is 40.8 Å². The number of carboxylic acid groups (broad SMARTS) is 1. The minimum Gasteiger partial charge on any atom is -0.481 e. The van der Waals surface area contributed by atoms with E-state index in [1.165, 1.54) is 0 Å². The molecule has 1 amide bonds. The number of anilines is 1. The molecule has 4 atom stereocenters. The van der Waals surface area contributed by atoms with E-state index in [1.54, 1.807) is 18.2 Å². The Bertz CT molecular complexity index is 605. The van der Waals surface area contributed by atoms with Crippen molar-refractivity contribution in [3.8, 4) is 0 Å². The van der Waals surface area contributed by atoms with E-state index in [0.717, 1.165) is 19.3 Å². The fraction of sp³-hybridized carbons (Fsp3) is 0.467. The fourth-order valence-electron chi connectivity index (χ4n) is 3.84. The topological polar surface area (TPSA) is 66.4 Å². The van der Waals surface area contributed by atoms with Crippen LogP contribution in [0.3, 0.4) is 0 Å². The van der Waals surface area contributed by atoms with Crippen molar-refractivity contribution in [2.75, 3.05) is 5.32 Å². The summed E-state index contributed by atoms with van der Waals surface area (Å²) in [6.45, 7) is 0. The van der Waals surface area contributed by atoms with E-state index in [9.17, 15) is 14.7 Å². The van der Waals surface area contributed by atoms with E-state index < -0.39 is 17.8 Å². The van der Waals surface area contributed by atoms with Crippen molar-refractivity contribution in [2.45, 2.75) is 19.3 Å². The van der Waals surface area contributed by atoms with E-state index in [2.05, 4.69) is 5.32 Å². The van der Waals surface area contributed by atoms with Gasteiger partial charge in [-0.15, -0.1) is 0 Å². The molecule has 0 saturated heterocycles.